The van der Waals surface area contributed by atoms with Crippen LogP contribution < -0.4 is 11.2 Å². The van der Waals surface area contributed by atoms with Crippen molar-refractivity contribution in [3.8, 4) is 0 Å². The molecule has 2 aromatic rings. The number of aryl methyl sites for hydroxylation is 2. The minimum absolute atomic E-state index is 0.0886. The molecule has 112 valence electrons. The van der Waals surface area contributed by atoms with Gasteiger partial charge in [-0.25, -0.2) is 4.68 Å². The van der Waals surface area contributed by atoms with Crippen LogP contribution in [0.1, 0.15) is 23.9 Å². The number of nitrogens with zero attached hydrogens (tertiary/aromatic N) is 3. The molecule has 1 heterocycles. The normalized spacial score (nSPS) is 12.2. The number of carbonyl (C=O) groups is 1. The van der Waals surface area contributed by atoms with Gasteiger partial charge in [-0.2, -0.15) is 0 Å². The van der Waals surface area contributed by atoms with Crippen LogP contribution in [0.5, 0.6) is 0 Å². The number of rotatable bonds is 4. The van der Waals surface area contributed by atoms with Crippen molar-refractivity contribution in [1.82, 2.24) is 14.9 Å². The molecule has 6 nitrogen and oxygen atoms in total. The molecule has 0 bridgehead atoms. The lowest BCUT2D eigenvalue weighted by atomic mass is 10.1. The second-order valence-corrected chi connectivity index (χ2v) is 6.20. The lowest BCUT2D eigenvalue weighted by Crippen LogP contribution is -2.24. The standard InChI is InChI=1S/C14H19N5OS/c1-8-6-5-7-12(9(8)2)16-13(20)10(3)21-14-18-17-11(4)19(14)15/h5-7,10H,15H2,1-4H3,(H,16,20)/t10-/m0/s1. The maximum Gasteiger partial charge on any atom is 0.237 e. The van der Waals surface area contributed by atoms with Gasteiger partial charge in [0.1, 0.15) is 5.82 Å². The summed E-state index contributed by atoms with van der Waals surface area (Å²) in [4.78, 5) is 12.3. The molecule has 3 N–H and O–H groups in total. The van der Waals surface area contributed by atoms with Crippen LogP contribution in [0.2, 0.25) is 0 Å². The van der Waals surface area contributed by atoms with Gasteiger partial charge in [-0.05, 0) is 44.9 Å². The second kappa shape index (κ2) is 6.17. The number of anilines is 1. The lowest BCUT2D eigenvalue weighted by molar-refractivity contribution is -0.115. The van der Waals surface area contributed by atoms with Gasteiger partial charge in [0.2, 0.25) is 11.1 Å². The molecule has 1 amide bonds. The van der Waals surface area contributed by atoms with E-state index in [0.29, 0.717) is 11.0 Å². The third-order valence-corrected chi connectivity index (χ3v) is 4.41. The molecule has 1 aromatic carbocycles. The summed E-state index contributed by atoms with van der Waals surface area (Å²) in [6, 6.07) is 5.84. The fourth-order valence-electron chi connectivity index (χ4n) is 1.76. The first-order chi connectivity index (χ1) is 9.90. The first-order valence-corrected chi connectivity index (χ1v) is 7.49. The smallest absolute Gasteiger partial charge is 0.237 e. The third-order valence-electron chi connectivity index (χ3n) is 3.35. The van der Waals surface area contributed by atoms with Crippen molar-refractivity contribution < 1.29 is 4.79 Å². The average Bonchev–Trinajstić information content (AvgIpc) is 2.75. The van der Waals surface area contributed by atoms with Crippen LogP contribution in [0.15, 0.2) is 23.4 Å². The molecule has 7 heteroatoms. The molecule has 0 aliphatic carbocycles. The van der Waals surface area contributed by atoms with Gasteiger partial charge in [0.25, 0.3) is 0 Å². The number of amides is 1. The number of nitrogens with one attached hydrogen (secondary N) is 1. The number of carbonyl (C=O) groups excluding carboxylic acids is 1. The van der Waals surface area contributed by atoms with Crippen LogP contribution in [0.3, 0.4) is 0 Å². The van der Waals surface area contributed by atoms with E-state index < -0.39 is 0 Å². The van der Waals surface area contributed by atoms with Crippen molar-refractivity contribution in [3.05, 3.63) is 35.2 Å². The predicted octanol–water partition coefficient (Wildman–Crippen LogP) is 2.04. The minimum Gasteiger partial charge on any atom is -0.336 e. The molecule has 0 saturated heterocycles. The number of hydrogen-bond acceptors (Lipinski definition) is 5. The number of aromatic nitrogens is 3. The quantitative estimate of drug-likeness (QED) is 0.667. The predicted molar refractivity (Wildman–Crippen MR) is 84.8 cm³/mol. The van der Waals surface area contributed by atoms with Crippen molar-refractivity contribution in [2.75, 3.05) is 11.2 Å². The second-order valence-electron chi connectivity index (χ2n) is 4.90. The van der Waals surface area contributed by atoms with Crippen LogP contribution >= 0.6 is 11.8 Å². The van der Waals surface area contributed by atoms with Gasteiger partial charge < -0.3 is 11.2 Å². The molecular weight excluding hydrogens is 286 g/mol. The van der Waals surface area contributed by atoms with Crippen molar-refractivity contribution in [1.29, 1.82) is 0 Å². The summed E-state index contributed by atoms with van der Waals surface area (Å²) in [6.07, 6.45) is 0. The molecule has 1 aromatic heterocycles. The van der Waals surface area contributed by atoms with Crippen LogP contribution in [0.25, 0.3) is 0 Å². The van der Waals surface area contributed by atoms with E-state index in [2.05, 4.69) is 15.5 Å². The first-order valence-electron chi connectivity index (χ1n) is 6.61. The number of thioether (sulfide) groups is 1. The highest BCUT2D eigenvalue weighted by molar-refractivity contribution is 8.00. The molecular formula is C14H19N5OS. The summed E-state index contributed by atoms with van der Waals surface area (Å²) in [5.74, 6) is 6.31. The van der Waals surface area contributed by atoms with Gasteiger partial charge in [0, 0.05) is 5.69 Å². The highest BCUT2D eigenvalue weighted by Gasteiger charge is 2.19. The maximum absolute atomic E-state index is 12.3. The highest BCUT2D eigenvalue weighted by Crippen LogP contribution is 2.23. The summed E-state index contributed by atoms with van der Waals surface area (Å²) >= 11 is 1.28. The molecule has 0 spiro atoms. The van der Waals surface area contributed by atoms with E-state index in [1.807, 2.05) is 39.0 Å². The Morgan fingerprint density at radius 1 is 1.33 bits per heavy atom. The topological polar surface area (TPSA) is 85.8 Å². The molecule has 0 fully saturated rings. The van der Waals surface area contributed by atoms with Gasteiger partial charge in [-0.1, -0.05) is 23.9 Å². The van der Waals surface area contributed by atoms with E-state index in [-0.39, 0.29) is 11.2 Å². The van der Waals surface area contributed by atoms with Gasteiger partial charge in [-0.15, -0.1) is 10.2 Å². The molecule has 1 atom stereocenters. The molecule has 0 aliphatic rings. The average molecular weight is 305 g/mol. The molecule has 0 aliphatic heterocycles. The Morgan fingerprint density at radius 3 is 2.67 bits per heavy atom. The zero-order valence-electron chi connectivity index (χ0n) is 12.5. The maximum atomic E-state index is 12.3. The van der Waals surface area contributed by atoms with E-state index in [4.69, 9.17) is 5.84 Å². The van der Waals surface area contributed by atoms with Crippen molar-refractivity contribution in [2.45, 2.75) is 38.1 Å². The summed E-state index contributed by atoms with van der Waals surface area (Å²) in [7, 11) is 0. The van der Waals surface area contributed by atoms with Gasteiger partial charge in [-0.3, -0.25) is 4.79 Å². The van der Waals surface area contributed by atoms with Gasteiger partial charge in [0.15, 0.2) is 0 Å². The van der Waals surface area contributed by atoms with E-state index in [0.717, 1.165) is 16.8 Å². The molecule has 2 rings (SSSR count). The summed E-state index contributed by atoms with van der Waals surface area (Å²) < 4.78 is 1.38. The Bertz CT molecular complexity index is 667. The van der Waals surface area contributed by atoms with E-state index in [9.17, 15) is 4.79 Å². The lowest BCUT2D eigenvalue weighted by Gasteiger charge is -2.14. The first kappa shape index (κ1) is 15.4. The van der Waals surface area contributed by atoms with Crippen LogP contribution in [0.4, 0.5) is 5.69 Å². The van der Waals surface area contributed by atoms with E-state index >= 15 is 0 Å². The number of nitrogen functional groups attached to an aromatic ring is 1. The monoisotopic (exact) mass is 305 g/mol. The summed E-state index contributed by atoms with van der Waals surface area (Å²) in [5, 5.41) is 11.0. The van der Waals surface area contributed by atoms with Crippen LogP contribution in [-0.2, 0) is 4.79 Å². The largest absolute Gasteiger partial charge is 0.336 e. The Kier molecular flexibility index (Phi) is 4.52. The molecule has 0 saturated carbocycles. The number of benzene rings is 1. The molecule has 0 radical (unpaired) electrons. The van der Waals surface area contributed by atoms with Crippen molar-refractivity contribution >= 4 is 23.4 Å². The van der Waals surface area contributed by atoms with E-state index in [1.165, 1.54) is 16.4 Å². The number of nitrogens with two attached hydrogens (primary N) is 1. The summed E-state index contributed by atoms with van der Waals surface area (Å²) in [5.41, 5.74) is 3.05. The Hall–Kier alpha value is -2.02. The SMILES string of the molecule is Cc1cccc(NC(=O)[C@H](C)Sc2nnc(C)n2N)c1C. The Labute approximate surface area is 128 Å². The Morgan fingerprint density at radius 2 is 2.05 bits per heavy atom. The molecule has 21 heavy (non-hydrogen) atoms. The minimum atomic E-state index is -0.323. The fourth-order valence-corrected chi connectivity index (χ4v) is 2.58. The van der Waals surface area contributed by atoms with E-state index in [1.54, 1.807) is 6.92 Å². The molecule has 0 unspecified atom stereocenters. The fraction of sp³-hybridized carbons (Fsp3) is 0.357. The zero-order chi connectivity index (χ0) is 15.6. The highest BCUT2D eigenvalue weighted by atomic mass is 32.2. The zero-order valence-corrected chi connectivity index (χ0v) is 13.4. The van der Waals surface area contributed by atoms with Gasteiger partial charge >= 0.3 is 0 Å². The van der Waals surface area contributed by atoms with Crippen LogP contribution in [-0.4, -0.2) is 26.0 Å². The Balaban J connectivity index is 2.06. The number of hydrogen-bond donors (Lipinski definition) is 2. The van der Waals surface area contributed by atoms with Crippen LogP contribution in [0, 0.1) is 20.8 Å². The summed E-state index contributed by atoms with van der Waals surface area (Å²) in [6.45, 7) is 7.58. The van der Waals surface area contributed by atoms with Gasteiger partial charge in [0.05, 0.1) is 5.25 Å². The van der Waals surface area contributed by atoms with Crippen molar-refractivity contribution in [2.24, 2.45) is 0 Å². The van der Waals surface area contributed by atoms with Crippen molar-refractivity contribution in [3.63, 3.8) is 0 Å². The third kappa shape index (κ3) is 3.36.